The molecule has 0 spiro atoms. The monoisotopic (exact) mass is 740 g/mol. The second kappa shape index (κ2) is 12.0. The van der Waals surface area contributed by atoms with Gasteiger partial charge in [0.15, 0.2) is 0 Å². The highest BCUT2D eigenvalue weighted by Gasteiger charge is 2.40. The molecule has 2 unspecified atom stereocenters. The van der Waals surface area contributed by atoms with Crippen molar-refractivity contribution < 1.29 is 0 Å². The van der Waals surface area contributed by atoms with Crippen LogP contribution in [0.4, 0.5) is 11.4 Å². The van der Waals surface area contributed by atoms with Gasteiger partial charge in [-0.3, -0.25) is 0 Å². The summed E-state index contributed by atoms with van der Waals surface area (Å²) >= 11 is 0. The van der Waals surface area contributed by atoms with Crippen LogP contribution in [0.25, 0.3) is 82.5 Å². The Kier molecular flexibility index (Phi) is 6.53. The van der Waals surface area contributed by atoms with E-state index in [1.54, 1.807) is 0 Å². The Labute approximate surface area is 335 Å². The number of benzene rings is 8. The highest BCUT2D eigenvalue weighted by atomic mass is 15.2. The van der Waals surface area contributed by atoms with Crippen molar-refractivity contribution in [2.75, 3.05) is 4.90 Å². The number of hydrogen-bond donors (Lipinski definition) is 0. The Morgan fingerprint density at radius 1 is 0.345 bits per heavy atom. The van der Waals surface area contributed by atoms with E-state index >= 15 is 0 Å². The van der Waals surface area contributed by atoms with Crippen LogP contribution in [0.15, 0.2) is 206 Å². The lowest BCUT2D eigenvalue weighted by molar-refractivity contribution is 0.743. The van der Waals surface area contributed by atoms with Gasteiger partial charge in [-0.25, -0.2) is 0 Å². The number of hydrogen-bond acceptors (Lipinski definition) is 1. The molecule has 4 heterocycles. The molecule has 11 aromatic rings. The van der Waals surface area contributed by atoms with Crippen LogP contribution in [0.1, 0.15) is 11.5 Å². The number of para-hydroxylation sites is 6. The molecule has 0 N–H and O–H groups in total. The van der Waals surface area contributed by atoms with Gasteiger partial charge in [-0.05, 0) is 90.5 Å². The Morgan fingerprint density at radius 2 is 0.828 bits per heavy atom. The lowest BCUT2D eigenvalue weighted by Gasteiger charge is -2.30. The van der Waals surface area contributed by atoms with E-state index in [0.29, 0.717) is 0 Å². The second-order valence-electron chi connectivity index (χ2n) is 15.7. The van der Waals surface area contributed by atoms with Gasteiger partial charge in [0, 0.05) is 66.7 Å². The number of aromatic nitrogens is 3. The summed E-state index contributed by atoms with van der Waals surface area (Å²) < 4.78 is 7.35. The predicted octanol–water partition coefficient (Wildman–Crippen LogP) is 13.7. The highest BCUT2D eigenvalue weighted by Crippen LogP contribution is 2.52. The summed E-state index contributed by atoms with van der Waals surface area (Å²) in [6, 6.07) is 69.0. The van der Waals surface area contributed by atoms with Crippen molar-refractivity contribution in [2.45, 2.75) is 12.0 Å². The smallest absolute Gasteiger partial charge is 0.0649 e. The summed E-state index contributed by atoms with van der Waals surface area (Å²) in [5, 5.41) is 7.62. The fraction of sp³-hybridized carbons (Fsp3) is 0.0370. The van der Waals surface area contributed by atoms with E-state index in [1.165, 1.54) is 88.1 Å². The number of nitrogens with zero attached hydrogens (tertiary/aromatic N) is 4. The third-order valence-corrected chi connectivity index (χ3v) is 12.7. The molecule has 0 saturated carbocycles. The van der Waals surface area contributed by atoms with Gasteiger partial charge in [-0.15, -0.1) is 0 Å². The van der Waals surface area contributed by atoms with E-state index in [2.05, 4.69) is 225 Å². The van der Waals surface area contributed by atoms with E-state index in [9.17, 15) is 0 Å². The van der Waals surface area contributed by atoms with E-state index in [1.807, 2.05) is 0 Å². The van der Waals surface area contributed by atoms with Crippen LogP contribution in [-0.2, 0) is 0 Å². The SMILES string of the molecule is C1=CC2c3cc4c5ccc(-n6c7ccccc7c7ccccc76)cc5n(-c5ccccc5)c4cc3N(c3ccccc3)C2C=C1n1c2ccccc2c2ccccc21. The van der Waals surface area contributed by atoms with Gasteiger partial charge in [-0.1, -0.05) is 121 Å². The van der Waals surface area contributed by atoms with Crippen LogP contribution in [0.3, 0.4) is 0 Å². The van der Waals surface area contributed by atoms with E-state index in [4.69, 9.17) is 0 Å². The van der Waals surface area contributed by atoms with Gasteiger partial charge in [0.05, 0.1) is 39.1 Å². The summed E-state index contributed by atoms with van der Waals surface area (Å²) in [5.41, 5.74) is 14.6. The zero-order valence-electron chi connectivity index (χ0n) is 31.6. The molecule has 58 heavy (non-hydrogen) atoms. The molecule has 1 aliphatic heterocycles. The first-order chi connectivity index (χ1) is 28.8. The predicted molar refractivity (Wildman–Crippen MR) is 243 cm³/mol. The van der Waals surface area contributed by atoms with E-state index in [0.717, 1.165) is 11.4 Å². The summed E-state index contributed by atoms with van der Waals surface area (Å²) in [6.07, 6.45) is 7.31. The first kappa shape index (κ1) is 31.6. The molecule has 4 heteroatoms. The van der Waals surface area contributed by atoms with Crippen LogP contribution in [0.2, 0.25) is 0 Å². The number of rotatable bonds is 4. The molecule has 0 fully saturated rings. The minimum atomic E-state index is 0.0992. The Bertz CT molecular complexity index is 3420. The van der Waals surface area contributed by atoms with Gasteiger partial charge >= 0.3 is 0 Å². The molecular weight excluding hydrogens is 705 g/mol. The maximum atomic E-state index is 2.58. The summed E-state index contributed by atoms with van der Waals surface area (Å²) in [6.45, 7) is 0. The van der Waals surface area contributed by atoms with Gasteiger partial charge in [0.1, 0.15) is 0 Å². The molecule has 272 valence electrons. The molecule has 13 rings (SSSR count). The van der Waals surface area contributed by atoms with Crippen molar-refractivity contribution in [3.05, 3.63) is 212 Å². The van der Waals surface area contributed by atoms with Crippen molar-refractivity contribution in [2.24, 2.45) is 0 Å². The van der Waals surface area contributed by atoms with Crippen LogP contribution < -0.4 is 4.90 Å². The second-order valence-corrected chi connectivity index (χ2v) is 15.7. The maximum absolute atomic E-state index is 2.58. The Balaban J connectivity index is 1.05. The van der Waals surface area contributed by atoms with Crippen LogP contribution in [0.5, 0.6) is 0 Å². The molecule has 2 aliphatic rings. The van der Waals surface area contributed by atoms with Gasteiger partial charge in [0.2, 0.25) is 0 Å². The van der Waals surface area contributed by atoms with Crippen molar-refractivity contribution >= 4 is 82.5 Å². The molecule has 0 saturated heterocycles. The Hall–Kier alpha value is -7.56. The molecule has 0 radical (unpaired) electrons. The molecular formula is C54H36N4. The van der Waals surface area contributed by atoms with Crippen molar-refractivity contribution in [1.29, 1.82) is 0 Å². The molecule has 4 nitrogen and oxygen atoms in total. The van der Waals surface area contributed by atoms with Gasteiger partial charge in [-0.2, -0.15) is 0 Å². The number of fused-ring (bicyclic) bond motifs is 12. The number of anilines is 2. The normalized spacial score (nSPS) is 16.3. The minimum Gasteiger partial charge on any atom is -0.333 e. The molecule has 1 aliphatic carbocycles. The first-order valence-electron chi connectivity index (χ1n) is 20.2. The molecule has 8 aromatic carbocycles. The molecule has 0 bridgehead atoms. The first-order valence-corrected chi connectivity index (χ1v) is 20.2. The number of allylic oxidation sites excluding steroid dienone is 2. The fourth-order valence-electron chi connectivity index (χ4n) is 10.3. The molecule has 0 amide bonds. The summed E-state index contributed by atoms with van der Waals surface area (Å²) in [5.74, 6) is 0.184. The van der Waals surface area contributed by atoms with E-state index in [-0.39, 0.29) is 12.0 Å². The van der Waals surface area contributed by atoms with Gasteiger partial charge < -0.3 is 18.6 Å². The van der Waals surface area contributed by atoms with Crippen LogP contribution >= 0.6 is 0 Å². The molecule has 2 atom stereocenters. The fourth-order valence-corrected chi connectivity index (χ4v) is 10.3. The van der Waals surface area contributed by atoms with Crippen molar-refractivity contribution in [1.82, 2.24) is 13.7 Å². The largest absolute Gasteiger partial charge is 0.333 e. The lowest BCUT2D eigenvalue weighted by atomic mass is 9.89. The zero-order chi connectivity index (χ0) is 37.9. The quantitative estimate of drug-likeness (QED) is 0.176. The van der Waals surface area contributed by atoms with Gasteiger partial charge in [0.25, 0.3) is 0 Å². The lowest BCUT2D eigenvalue weighted by Crippen LogP contribution is -2.29. The average Bonchev–Trinajstić information content (AvgIpc) is 4.00. The third-order valence-electron chi connectivity index (χ3n) is 12.7. The summed E-state index contributed by atoms with van der Waals surface area (Å²) in [7, 11) is 0. The summed E-state index contributed by atoms with van der Waals surface area (Å²) in [4.78, 5) is 2.58. The van der Waals surface area contributed by atoms with Crippen LogP contribution in [0, 0.1) is 0 Å². The van der Waals surface area contributed by atoms with Crippen LogP contribution in [-0.4, -0.2) is 19.7 Å². The van der Waals surface area contributed by atoms with E-state index < -0.39 is 0 Å². The minimum absolute atomic E-state index is 0.0992. The third kappa shape index (κ3) is 4.34. The van der Waals surface area contributed by atoms with Crippen molar-refractivity contribution in [3.63, 3.8) is 0 Å². The zero-order valence-corrected chi connectivity index (χ0v) is 31.6. The maximum Gasteiger partial charge on any atom is 0.0649 e. The topological polar surface area (TPSA) is 18.0 Å². The molecule has 3 aromatic heterocycles. The standard InChI is InChI=1S/C54H36N4/c1-3-15-35(16-4-1)55-51-31-37(57-47-23-11-7-19-39(47)40-20-8-12-24-48(40)57)27-29-43(51)45-33-46-44-30-28-38(58-49-25-13-9-21-41(49)42-22-10-14-26-50(42)58)32-52(44)56(54(46)34-53(45)55)36-17-5-2-6-18-36/h1-34,43,51H. The van der Waals surface area contributed by atoms with Crippen molar-refractivity contribution in [3.8, 4) is 11.4 Å². The highest BCUT2D eigenvalue weighted by molar-refractivity contribution is 6.14. The Morgan fingerprint density at radius 3 is 1.43 bits per heavy atom. The average molecular weight is 741 g/mol.